The molecule has 0 amide bonds. The van der Waals surface area contributed by atoms with Crippen molar-refractivity contribution in [1.29, 1.82) is 0 Å². The molecule has 1 aromatic heterocycles. The lowest BCUT2D eigenvalue weighted by atomic mass is 10.00. The lowest BCUT2D eigenvalue weighted by Gasteiger charge is -2.25. The number of rotatable bonds is 7. The van der Waals surface area contributed by atoms with Crippen LogP contribution in [-0.2, 0) is 11.2 Å². The summed E-state index contributed by atoms with van der Waals surface area (Å²) in [6, 6.07) is 7.80. The lowest BCUT2D eigenvalue weighted by Crippen LogP contribution is -2.43. The summed E-state index contributed by atoms with van der Waals surface area (Å²) in [5, 5.41) is 15.4. The molecule has 0 aliphatic carbocycles. The molecule has 2 N–H and O–H groups in total. The topological polar surface area (TPSA) is 97.5 Å². The van der Waals surface area contributed by atoms with Crippen LogP contribution < -0.4 is 10.1 Å². The fourth-order valence-corrected chi connectivity index (χ4v) is 2.37. The maximum Gasteiger partial charge on any atom is 0.490 e. The van der Waals surface area contributed by atoms with E-state index in [0.717, 1.165) is 42.6 Å². The largest absolute Gasteiger partial charge is 0.494 e. The number of aromatic nitrogens is 2. The maximum absolute atomic E-state index is 10.6. The lowest BCUT2D eigenvalue weighted by molar-refractivity contribution is -0.192. The minimum absolute atomic E-state index is 0.628. The Bertz CT molecular complexity index is 749. The third kappa shape index (κ3) is 7.12. The molecule has 1 fully saturated rings. The number of carboxylic acids is 1. The summed E-state index contributed by atoms with van der Waals surface area (Å²) in [5.41, 5.74) is 0.949. The first-order valence-electron chi connectivity index (χ1n) is 8.42. The van der Waals surface area contributed by atoms with Gasteiger partial charge in [-0.3, -0.25) is 0 Å². The Morgan fingerprint density at radius 2 is 1.96 bits per heavy atom. The van der Waals surface area contributed by atoms with Crippen molar-refractivity contribution in [3.8, 4) is 17.1 Å². The van der Waals surface area contributed by atoms with Crippen molar-refractivity contribution in [2.45, 2.75) is 19.0 Å². The van der Waals surface area contributed by atoms with Crippen LogP contribution in [-0.4, -0.2) is 52.4 Å². The predicted octanol–water partition coefficient (Wildman–Crippen LogP) is 3.30. The molecule has 1 saturated heterocycles. The van der Waals surface area contributed by atoms with E-state index >= 15 is 0 Å². The molecule has 0 unspecified atom stereocenters. The number of carbonyl (C=O) groups is 1. The number of hydrogen-bond donors (Lipinski definition) is 2. The minimum Gasteiger partial charge on any atom is -0.494 e. The van der Waals surface area contributed by atoms with Crippen LogP contribution in [0.25, 0.3) is 11.4 Å². The summed E-state index contributed by atoms with van der Waals surface area (Å²) in [4.78, 5) is 13.4. The molecule has 0 saturated carbocycles. The monoisotopic (exact) mass is 465 g/mol. The average Bonchev–Trinajstić information content (AvgIpc) is 3.07. The van der Waals surface area contributed by atoms with E-state index in [9.17, 15) is 13.2 Å². The number of halogens is 4. The molecule has 0 atom stereocenters. The third-order valence-corrected chi connectivity index (χ3v) is 4.26. The van der Waals surface area contributed by atoms with Crippen LogP contribution in [0.2, 0.25) is 0 Å². The van der Waals surface area contributed by atoms with Gasteiger partial charge in [0.15, 0.2) is 0 Å². The molecule has 1 aromatic carbocycles. The second kappa shape index (κ2) is 10.4. The Morgan fingerprint density at radius 1 is 1.32 bits per heavy atom. The van der Waals surface area contributed by atoms with E-state index in [1.807, 2.05) is 24.3 Å². The van der Waals surface area contributed by atoms with Crippen LogP contribution in [0.1, 0.15) is 12.3 Å². The number of nitrogens with one attached hydrogen (secondary N) is 1. The van der Waals surface area contributed by atoms with E-state index < -0.39 is 12.1 Å². The predicted molar refractivity (Wildman–Crippen MR) is 97.4 cm³/mol. The molecule has 2 aromatic rings. The van der Waals surface area contributed by atoms with Gasteiger partial charge >= 0.3 is 12.1 Å². The molecular formula is C17H19BrF3N3O4. The quantitative estimate of drug-likeness (QED) is 0.478. The van der Waals surface area contributed by atoms with Gasteiger partial charge in [0.05, 0.1) is 6.61 Å². The van der Waals surface area contributed by atoms with Crippen molar-refractivity contribution in [2.24, 2.45) is 5.92 Å². The molecule has 0 spiro atoms. The van der Waals surface area contributed by atoms with E-state index in [1.54, 1.807) is 0 Å². The molecule has 1 aliphatic heterocycles. The van der Waals surface area contributed by atoms with E-state index in [2.05, 4.69) is 31.4 Å². The van der Waals surface area contributed by atoms with Crippen molar-refractivity contribution in [1.82, 2.24) is 15.5 Å². The van der Waals surface area contributed by atoms with Crippen LogP contribution >= 0.6 is 15.9 Å². The van der Waals surface area contributed by atoms with E-state index in [-0.39, 0.29) is 0 Å². The second-order valence-corrected chi connectivity index (χ2v) is 6.75. The smallest absolute Gasteiger partial charge is 0.490 e. The average molecular weight is 466 g/mol. The Kier molecular flexibility index (Phi) is 8.24. The van der Waals surface area contributed by atoms with E-state index in [4.69, 9.17) is 19.2 Å². The van der Waals surface area contributed by atoms with Gasteiger partial charge in [-0.15, -0.1) is 0 Å². The van der Waals surface area contributed by atoms with Crippen molar-refractivity contribution in [3.63, 3.8) is 0 Å². The highest BCUT2D eigenvalue weighted by Crippen LogP contribution is 2.21. The summed E-state index contributed by atoms with van der Waals surface area (Å²) in [6.07, 6.45) is -3.24. The SMILES string of the molecule is BrCCCOc1ccc(-c2noc(CC3CNC3)n2)cc1.O=C(O)C(F)(F)F. The fourth-order valence-electron chi connectivity index (χ4n) is 2.14. The number of nitrogens with zero attached hydrogens (tertiary/aromatic N) is 2. The molecule has 154 valence electrons. The zero-order valence-corrected chi connectivity index (χ0v) is 16.3. The van der Waals surface area contributed by atoms with Gasteiger partial charge in [-0.1, -0.05) is 21.1 Å². The summed E-state index contributed by atoms with van der Waals surface area (Å²) < 4.78 is 42.7. The van der Waals surface area contributed by atoms with Crippen LogP contribution in [0.3, 0.4) is 0 Å². The first kappa shape index (κ1) is 22.2. The fraction of sp³-hybridized carbons (Fsp3) is 0.471. The third-order valence-electron chi connectivity index (χ3n) is 3.70. The van der Waals surface area contributed by atoms with Crippen molar-refractivity contribution in [2.75, 3.05) is 25.0 Å². The van der Waals surface area contributed by atoms with Crippen molar-refractivity contribution in [3.05, 3.63) is 30.2 Å². The van der Waals surface area contributed by atoms with Gasteiger partial charge in [-0.2, -0.15) is 18.2 Å². The van der Waals surface area contributed by atoms with Gasteiger partial charge in [-0.25, -0.2) is 4.79 Å². The number of benzene rings is 1. The number of alkyl halides is 4. The summed E-state index contributed by atoms with van der Waals surface area (Å²) in [6.45, 7) is 2.79. The van der Waals surface area contributed by atoms with Crippen LogP contribution in [0.5, 0.6) is 5.75 Å². The molecule has 11 heteroatoms. The van der Waals surface area contributed by atoms with Crippen molar-refractivity contribution < 1.29 is 32.3 Å². The minimum atomic E-state index is -5.08. The second-order valence-electron chi connectivity index (χ2n) is 5.96. The Labute approximate surface area is 167 Å². The van der Waals surface area contributed by atoms with Crippen LogP contribution in [0.4, 0.5) is 13.2 Å². The summed E-state index contributed by atoms with van der Waals surface area (Å²) >= 11 is 3.38. The van der Waals surface area contributed by atoms with Gasteiger partial charge in [-0.05, 0) is 49.7 Å². The molecule has 2 heterocycles. The van der Waals surface area contributed by atoms with E-state index in [1.165, 1.54) is 0 Å². The Balaban J connectivity index is 0.000000345. The standard InChI is InChI=1S/C15H18BrN3O2.C2HF3O2/c16-6-1-7-20-13-4-2-12(3-5-13)15-18-14(21-19-15)8-11-9-17-10-11;3-2(4,5)1(6)7/h2-5,11,17H,1,6-10H2;(H,6,7). The molecule has 3 rings (SSSR count). The van der Waals surface area contributed by atoms with Crippen molar-refractivity contribution >= 4 is 21.9 Å². The maximum atomic E-state index is 10.6. The molecule has 0 bridgehead atoms. The highest BCUT2D eigenvalue weighted by atomic mass is 79.9. The number of aliphatic carboxylic acids is 1. The van der Waals surface area contributed by atoms with Gasteiger partial charge in [0, 0.05) is 17.3 Å². The zero-order chi connectivity index (χ0) is 20.6. The van der Waals surface area contributed by atoms with Gasteiger partial charge in [0.2, 0.25) is 11.7 Å². The highest BCUT2D eigenvalue weighted by molar-refractivity contribution is 9.09. The highest BCUT2D eigenvalue weighted by Gasteiger charge is 2.38. The molecule has 1 aliphatic rings. The number of ether oxygens (including phenoxy) is 1. The molecular weight excluding hydrogens is 447 g/mol. The molecule has 7 nitrogen and oxygen atoms in total. The molecule has 28 heavy (non-hydrogen) atoms. The van der Waals surface area contributed by atoms with Gasteiger partial charge < -0.3 is 19.7 Å². The number of hydrogen-bond acceptors (Lipinski definition) is 6. The van der Waals surface area contributed by atoms with Gasteiger partial charge in [0.25, 0.3) is 0 Å². The molecule has 0 radical (unpaired) electrons. The Hall–Kier alpha value is -2.14. The Morgan fingerprint density at radius 3 is 2.46 bits per heavy atom. The van der Waals surface area contributed by atoms with Crippen LogP contribution in [0.15, 0.2) is 28.8 Å². The zero-order valence-electron chi connectivity index (χ0n) is 14.7. The summed E-state index contributed by atoms with van der Waals surface area (Å²) in [5.74, 6) is 0.0957. The summed E-state index contributed by atoms with van der Waals surface area (Å²) in [7, 11) is 0. The first-order valence-corrected chi connectivity index (χ1v) is 9.54. The normalized spacial score (nSPS) is 14.0. The van der Waals surface area contributed by atoms with E-state index in [0.29, 0.717) is 24.2 Å². The van der Waals surface area contributed by atoms with Crippen LogP contribution in [0, 0.1) is 5.92 Å². The van der Waals surface area contributed by atoms with Gasteiger partial charge in [0.1, 0.15) is 5.75 Å². The first-order chi connectivity index (χ1) is 13.3. The number of carboxylic acid groups (broad SMARTS) is 1.